The first-order valence-electron chi connectivity index (χ1n) is 7.59. The van der Waals surface area contributed by atoms with Crippen molar-refractivity contribution < 1.29 is 9.13 Å². The van der Waals surface area contributed by atoms with Gasteiger partial charge in [-0.25, -0.2) is 4.39 Å². The van der Waals surface area contributed by atoms with Gasteiger partial charge in [0.1, 0.15) is 17.7 Å². The molecule has 2 fully saturated rings. The van der Waals surface area contributed by atoms with E-state index < -0.39 is 0 Å². The highest BCUT2D eigenvalue weighted by Crippen LogP contribution is 2.20. The smallest absolute Gasteiger partial charge is 0.124 e. The van der Waals surface area contributed by atoms with Crippen molar-refractivity contribution in [2.45, 2.75) is 31.9 Å². The van der Waals surface area contributed by atoms with E-state index in [-0.39, 0.29) is 11.9 Å². The van der Waals surface area contributed by atoms with Gasteiger partial charge in [0, 0.05) is 25.7 Å². The van der Waals surface area contributed by atoms with E-state index in [1.54, 1.807) is 12.1 Å². The SMILES string of the molecule is CC(CN1CC(Oc2ccc(F)cc2)C1)N1CCCC1. The Bertz CT molecular complexity index is 425. The molecule has 0 spiro atoms. The number of hydrogen-bond acceptors (Lipinski definition) is 3. The van der Waals surface area contributed by atoms with Crippen LogP contribution in [0.4, 0.5) is 4.39 Å². The van der Waals surface area contributed by atoms with Crippen LogP contribution in [0.1, 0.15) is 19.8 Å². The molecule has 20 heavy (non-hydrogen) atoms. The van der Waals surface area contributed by atoms with E-state index in [1.807, 2.05) is 0 Å². The van der Waals surface area contributed by atoms with Crippen LogP contribution in [0, 0.1) is 5.82 Å². The van der Waals surface area contributed by atoms with Gasteiger partial charge in [-0.2, -0.15) is 0 Å². The van der Waals surface area contributed by atoms with Crippen molar-refractivity contribution in [3.05, 3.63) is 30.1 Å². The Labute approximate surface area is 120 Å². The van der Waals surface area contributed by atoms with Gasteiger partial charge < -0.3 is 4.74 Å². The summed E-state index contributed by atoms with van der Waals surface area (Å²) in [5, 5.41) is 0. The van der Waals surface area contributed by atoms with Gasteiger partial charge in [-0.3, -0.25) is 9.80 Å². The molecule has 2 heterocycles. The first-order valence-corrected chi connectivity index (χ1v) is 7.59. The second-order valence-corrected chi connectivity index (χ2v) is 6.00. The maximum atomic E-state index is 12.8. The standard InChI is InChI=1S/C16H23FN2O/c1-13(19-8-2-3-9-19)10-18-11-16(12-18)20-15-6-4-14(17)5-7-15/h4-7,13,16H,2-3,8-12H2,1H3. The van der Waals surface area contributed by atoms with Crippen LogP contribution in [0.5, 0.6) is 5.75 Å². The van der Waals surface area contributed by atoms with E-state index in [2.05, 4.69) is 16.7 Å². The predicted molar refractivity (Wildman–Crippen MR) is 77.5 cm³/mol. The molecule has 2 aliphatic heterocycles. The van der Waals surface area contributed by atoms with Gasteiger partial charge in [0.05, 0.1) is 0 Å². The third-order valence-electron chi connectivity index (χ3n) is 4.33. The first-order chi connectivity index (χ1) is 9.70. The lowest BCUT2D eigenvalue weighted by atomic mass is 10.1. The Morgan fingerprint density at radius 2 is 1.85 bits per heavy atom. The highest BCUT2D eigenvalue weighted by molar-refractivity contribution is 5.22. The molecule has 0 amide bonds. The van der Waals surface area contributed by atoms with Crippen molar-refractivity contribution in [3.8, 4) is 5.75 Å². The number of halogens is 1. The van der Waals surface area contributed by atoms with Crippen molar-refractivity contribution >= 4 is 0 Å². The summed E-state index contributed by atoms with van der Waals surface area (Å²) in [4.78, 5) is 5.02. The molecule has 4 heteroatoms. The van der Waals surface area contributed by atoms with E-state index >= 15 is 0 Å². The molecule has 1 unspecified atom stereocenters. The van der Waals surface area contributed by atoms with E-state index in [0.29, 0.717) is 6.04 Å². The maximum Gasteiger partial charge on any atom is 0.124 e. The minimum Gasteiger partial charge on any atom is -0.488 e. The van der Waals surface area contributed by atoms with Crippen LogP contribution >= 0.6 is 0 Å². The lowest BCUT2D eigenvalue weighted by molar-refractivity contribution is 0.00559. The van der Waals surface area contributed by atoms with Crippen LogP contribution in [0.2, 0.25) is 0 Å². The molecular weight excluding hydrogens is 255 g/mol. The topological polar surface area (TPSA) is 15.7 Å². The molecule has 3 nitrogen and oxygen atoms in total. The average Bonchev–Trinajstić information content (AvgIpc) is 2.92. The minimum atomic E-state index is -0.216. The monoisotopic (exact) mass is 278 g/mol. The van der Waals surface area contributed by atoms with Crippen LogP contribution in [-0.2, 0) is 0 Å². The zero-order valence-corrected chi connectivity index (χ0v) is 12.1. The fraction of sp³-hybridized carbons (Fsp3) is 0.625. The lowest BCUT2D eigenvalue weighted by Crippen LogP contribution is -2.57. The van der Waals surface area contributed by atoms with Gasteiger partial charge >= 0.3 is 0 Å². The van der Waals surface area contributed by atoms with Crippen molar-refractivity contribution in [2.75, 3.05) is 32.7 Å². The largest absolute Gasteiger partial charge is 0.488 e. The molecule has 1 aromatic carbocycles. The Kier molecular flexibility index (Phi) is 4.22. The molecule has 0 aromatic heterocycles. The third kappa shape index (κ3) is 3.30. The molecule has 2 aliphatic rings. The van der Waals surface area contributed by atoms with E-state index in [9.17, 15) is 4.39 Å². The van der Waals surface area contributed by atoms with Crippen molar-refractivity contribution in [1.82, 2.24) is 9.80 Å². The summed E-state index contributed by atoms with van der Waals surface area (Å²) >= 11 is 0. The molecule has 0 radical (unpaired) electrons. The van der Waals surface area contributed by atoms with Gasteiger partial charge in [0.25, 0.3) is 0 Å². The summed E-state index contributed by atoms with van der Waals surface area (Å²) in [7, 11) is 0. The van der Waals surface area contributed by atoms with Crippen LogP contribution < -0.4 is 4.74 Å². The van der Waals surface area contributed by atoms with Crippen molar-refractivity contribution in [2.24, 2.45) is 0 Å². The molecule has 2 saturated heterocycles. The van der Waals surface area contributed by atoms with Gasteiger partial charge in [0.2, 0.25) is 0 Å². The predicted octanol–water partition coefficient (Wildman–Crippen LogP) is 2.37. The van der Waals surface area contributed by atoms with Crippen LogP contribution in [0.15, 0.2) is 24.3 Å². The summed E-state index contributed by atoms with van der Waals surface area (Å²) in [6, 6.07) is 6.93. The lowest BCUT2D eigenvalue weighted by Gasteiger charge is -2.41. The summed E-state index contributed by atoms with van der Waals surface area (Å²) in [5.74, 6) is 0.552. The summed E-state index contributed by atoms with van der Waals surface area (Å²) < 4.78 is 18.6. The maximum absolute atomic E-state index is 12.8. The molecule has 0 saturated carbocycles. The molecule has 0 aliphatic carbocycles. The molecule has 1 atom stereocenters. The van der Waals surface area contributed by atoms with E-state index in [4.69, 9.17) is 4.74 Å². The molecular formula is C16H23FN2O. The molecule has 0 bridgehead atoms. The van der Waals surface area contributed by atoms with Crippen LogP contribution in [0.3, 0.4) is 0 Å². The van der Waals surface area contributed by atoms with E-state index in [0.717, 1.165) is 25.4 Å². The quantitative estimate of drug-likeness (QED) is 0.822. The fourth-order valence-electron chi connectivity index (χ4n) is 3.12. The van der Waals surface area contributed by atoms with Gasteiger partial charge in [-0.1, -0.05) is 0 Å². The first kappa shape index (κ1) is 13.8. The van der Waals surface area contributed by atoms with Crippen LogP contribution in [-0.4, -0.2) is 54.7 Å². The normalized spacial score (nSPS) is 22.7. The third-order valence-corrected chi connectivity index (χ3v) is 4.33. The summed E-state index contributed by atoms with van der Waals surface area (Å²) in [6.45, 7) is 7.92. The second kappa shape index (κ2) is 6.10. The van der Waals surface area contributed by atoms with E-state index in [1.165, 1.54) is 38.1 Å². The Morgan fingerprint density at radius 1 is 1.20 bits per heavy atom. The summed E-state index contributed by atoms with van der Waals surface area (Å²) in [5.41, 5.74) is 0. The molecule has 1 aromatic rings. The highest BCUT2D eigenvalue weighted by atomic mass is 19.1. The van der Waals surface area contributed by atoms with Crippen molar-refractivity contribution in [3.63, 3.8) is 0 Å². The fourth-order valence-corrected chi connectivity index (χ4v) is 3.12. The number of rotatable bonds is 5. The Morgan fingerprint density at radius 3 is 2.50 bits per heavy atom. The number of ether oxygens (including phenoxy) is 1. The molecule has 110 valence electrons. The van der Waals surface area contributed by atoms with Gasteiger partial charge in [-0.15, -0.1) is 0 Å². The number of likely N-dealkylation sites (tertiary alicyclic amines) is 2. The zero-order chi connectivity index (χ0) is 13.9. The van der Waals surface area contributed by atoms with Gasteiger partial charge in [0.15, 0.2) is 0 Å². The molecule has 3 rings (SSSR count). The summed E-state index contributed by atoms with van der Waals surface area (Å²) in [6.07, 6.45) is 2.95. The highest BCUT2D eigenvalue weighted by Gasteiger charge is 2.31. The molecule has 0 N–H and O–H groups in total. The number of hydrogen-bond donors (Lipinski definition) is 0. The van der Waals surface area contributed by atoms with Crippen molar-refractivity contribution in [1.29, 1.82) is 0 Å². The Hall–Kier alpha value is -1.13. The average molecular weight is 278 g/mol. The second-order valence-electron chi connectivity index (χ2n) is 6.00. The van der Waals surface area contributed by atoms with Gasteiger partial charge in [-0.05, 0) is 57.1 Å². The Balaban J connectivity index is 1.39. The minimum absolute atomic E-state index is 0.216. The zero-order valence-electron chi connectivity index (χ0n) is 12.1. The van der Waals surface area contributed by atoms with Crippen LogP contribution in [0.25, 0.3) is 0 Å². The number of benzene rings is 1. The number of nitrogens with zero attached hydrogens (tertiary/aromatic N) is 2.